The van der Waals surface area contributed by atoms with Gasteiger partial charge in [-0.2, -0.15) is 4.72 Å². The van der Waals surface area contributed by atoms with Crippen molar-refractivity contribution in [2.75, 3.05) is 10.6 Å². The van der Waals surface area contributed by atoms with Gasteiger partial charge in [-0.15, -0.1) is 0 Å². The van der Waals surface area contributed by atoms with Crippen LogP contribution in [-0.2, 0) is 14.8 Å². The fourth-order valence-electron chi connectivity index (χ4n) is 2.33. The number of fused-ring (bicyclic) bond motifs is 1. The molecule has 0 saturated carbocycles. The van der Waals surface area contributed by atoms with Crippen molar-refractivity contribution < 1.29 is 17.6 Å². The molecule has 1 heterocycles. The van der Waals surface area contributed by atoms with Crippen molar-refractivity contribution in [1.29, 1.82) is 0 Å². The molecule has 1 aliphatic heterocycles. The van der Waals surface area contributed by atoms with Gasteiger partial charge in [0, 0.05) is 10.7 Å². The van der Waals surface area contributed by atoms with Crippen LogP contribution in [0, 0.1) is 12.7 Å². The van der Waals surface area contributed by atoms with Crippen LogP contribution in [0.1, 0.15) is 5.56 Å². The van der Waals surface area contributed by atoms with E-state index in [4.69, 9.17) is 11.6 Å². The van der Waals surface area contributed by atoms with E-state index in [2.05, 4.69) is 15.4 Å². The number of sulfonamides is 1. The molecule has 2 aromatic carbocycles. The Morgan fingerprint density at radius 3 is 2.71 bits per heavy atom. The lowest BCUT2D eigenvalue weighted by atomic mass is 10.2. The van der Waals surface area contributed by atoms with Gasteiger partial charge in [-0.1, -0.05) is 11.6 Å². The zero-order valence-electron chi connectivity index (χ0n) is 12.4. The van der Waals surface area contributed by atoms with Crippen LogP contribution in [0.15, 0.2) is 41.3 Å². The van der Waals surface area contributed by atoms with Gasteiger partial charge in [0.05, 0.1) is 5.69 Å². The summed E-state index contributed by atoms with van der Waals surface area (Å²) in [6, 6.07) is 8.19. The van der Waals surface area contributed by atoms with Gasteiger partial charge >= 0.3 is 0 Å². The summed E-state index contributed by atoms with van der Waals surface area (Å²) < 4.78 is 39.9. The summed E-state index contributed by atoms with van der Waals surface area (Å²) in [5.74, 6) is -1.04. The number of hydrogen-bond acceptors (Lipinski definition) is 4. The molecule has 3 rings (SSSR count). The first-order valence-corrected chi connectivity index (χ1v) is 8.78. The molecule has 1 atom stereocenters. The first-order chi connectivity index (χ1) is 11.3. The van der Waals surface area contributed by atoms with Crippen molar-refractivity contribution in [2.24, 2.45) is 0 Å². The summed E-state index contributed by atoms with van der Waals surface area (Å²) in [5.41, 5.74) is 1.19. The molecular weight excluding hydrogens is 357 g/mol. The molecule has 0 aromatic heterocycles. The summed E-state index contributed by atoms with van der Waals surface area (Å²) in [6.45, 7) is 1.63. The van der Waals surface area contributed by atoms with E-state index in [-0.39, 0.29) is 15.6 Å². The third-order valence-corrected chi connectivity index (χ3v) is 5.21. The molecule has 1 aliphatic rings. The number of benzene rings is 2. The maximum atomic E-state index is 13.1. The van der Waals surface area contributed by atoms with E-state index in [1.54, 1.807) is 6.92 Å². The van der Waals surface area contributed by atoms with Crippen molar-refractivity contribution in [1.82, 2.24) is 4.72 Å². The maximum Gasteiger partial charge on any atom is 0.262 e. The van der Waals surface area contributed by atoms with Crippen LogP contribution in [0.25, 0.3) is 0 Å². The monoisotopic (exact) mass is 369 g/mol. The molecule has 0 saturated heterocycles. The standard InChI is InChI=1S/C15H13ClFN3O3S/c1-8-6-10(17)3-5-11(8)19-15(21)14-18-12-4-2-9(16)7-13(12)24(22,23)20-14/h2-7,14,18,20H,1H3,(H,19,21). The normalized spacial score (nSPS) is 18.4. The van der Waals surface area contributed by atoms with Crippen LogP contribution in [0.3, 0.4) is 0 Å². The SMILES string of the molecule is Cc1cc(F)ccc1NC(=O)C1Nc2ccc(Cl)cc2S(=O)(=O)N1. The Balaban J connectivity index is 1.86. The van der Waals surface area contributed by atoms with Crippen molar-refractivity contribution >= 4 is 38.9 Å². The van der Waals surface area contributed by atoms with Crippen molar-refractivity contribution in [3.05, 3.63) is 52.8 Å². The Hall–Kier alpha value is -2.16. The fraction of sp³-hybridized carbons (Fsp3) is 0.133. The van der Waals surface area contributed by atoms with Crippen LogP contribution < -0.4 is 15.4 Å². The van der Waals surface area contributed by atoms with Crippen molar-refractivity contribution in [3.63, 3.8) is 0 Å². The van der Waals surface area contributed by atoms with Gasteiger partial charge in [0.15, 0.2) is 6.17 Å². The van der Waals surface area contributed by atoms with Gasteiger partial charge in [-0.25, -0.2) is 12.8 Å². The third kappa shape index (κ3) is 3.21. The highest BCUT2D eigenvalue weighted by atomic mass is 35.5. The van der Waals surface area contributed by atoms with Gasteiger partial charge in [0.2, 0.25) is 10.0 Å². The van der Waals surface area contributed by atoms with Crippen LogP contribution in [0.5, 0.6) is 0 Å². The minimum atomic E-state index is -3.89. The van der Waals surface area contributed by atoms with E-state index in [9.17, 15) is 17.6 Å². The second kappa shape index (κ2) is 6.04. The zero-order chi connectivity index (χ0) is 17.5. The summed E-state index contributed by atoms with van der Waals surface area (Å²) in [7, 11) is -3.89. The highest BCUT2D eigenvalue weighted by Gasteiger charge is 2.33. The molecule has 2 aromatic rings. The van der Waals surface area contributed by atoms with Crippen LogP contribution in [0.4, 0.5) is 15.8 Å². The highest BCUT2D eigenvalue weighted by Crippen LogP contribution is 2.29. The lowest BCUT2D eigenvalue weighted by Gasteiger charge is -2.27. The average molecular weight is 370 g/mol. The first-order valence-electron chi connectivity index (χ1n) is 6.92. The molecule has 9 heteroatoms. The summed E-state index contributed by atoms with van der Waals surface area (Å²) in [4.78, 5) is 12.3. The van der Waals surface area contributed by atoms with E-state index >= 15 is 0 Å². The van der Waals surface area contributed by atoms with Crippen molar-refractivity contribution in [2.45, 2.75) is 18.0 Å². The molecule has 0 spiro atoms. The molecule has 0 aliphatic carbocycles. The molecule has 0 fully saturated rings. The second-order valence-corrected chi connectivity index (χ2v) is 7.41. The molecule has 126 valence electrons. The number of anilines is 2. The van der Waals surface area contributed by atoms with Crippen LogP contribution >= 0.6 is 11.6 Å². The van der Waals surface area contributed by atoms with Gasteiger partial charge < -0.3 is 10.6 Å². The molecule has 1 amide bonds. The lowest BCUT2D eigenvalue weighted by molar-refractivity contribution is -0.117. The zero-order valence-corrected chi connectivity index (χ0v) is 14.0. The molecule has 0 bridgehead atoms. The number of carbonyl (C=O) groups is 1. The molecular formula is C15H13ClFN3O3S. The second-order valence-electron chi connectivity index (χ2n) is 5.29. The van der Waals surface area contributed by atoms with E-state index in [1.807, 2.05) is 0 Å². The van der Waals surface area contributed by atoms with E-state index in [0.29, 0.717) is 11.3 Å². The minimum Gasteiger partial charge on any atom is -0.360 e. The number of halogens is 2. The van der Waals surface area contributed by atoms with Crippen LogP contribution in [-0.4, -0.2) is 20.5 Å². The smallest absolute Gasteiger partial charge is 0.262 e. The van der Waals surface area contributed by atoms with Gasteiger partial charge in [-0.05, 0) is 48.9 Å². The Bertz CT molecular complexity index is 934. The van der Waals surface area contributed by atoms with E-state index < -0.39 is 27.9 Å². The number of carbonyl (C=O) groups excluding carboxylic acids is 1. The van der Waals surface area contributed by atoms with Crippen LogP contribution in [0.2, 0.25) is 5.02 Å². The largest absolute Gasteiger partial charge is 0.360 e. The third-order valence-electron chi connectivity index (χ3n) is 3.51. The predicted molar refractivity (Wildman–Crippen MR) is 89.0 cm³/mol. The number of amides is 1. The topological polar surface area (TPSA) is 87.3 Å². The Morgan fingerprint density at radius 1 is 1.25 bits per heavy atom. The quantitative estimate of drug-likeness (QED) is 0.758. The molecule has 24 heavy (non-hydrogen) atoms. The Kier molecular flexibility index (Phi) is 4.20. The number of hydrogen-bond donors (Lipinski definition) is 3. The number of nitrogens with one attached hydrogen (secondary N) is 3. The van der Waals surface area contributed by atoms with E-state index in [1.165, 1.54) is 36.4 Å². The van der Waals surface area contributed by atoms with Crippen molar-refractivity contribution in [3.8, 4) is 0 Å². The molecule has 6 nitrogen and oxygen atoms in total. The Labute approximate surface area is 143 Å². The Morgan fingerprint density at radius 2 is 2.00 bits per heavy atom. The summed E-state index contributed by atoms with van der Waals surface area (Å²) >= 11 is 5.81. The lowest BCUT2D eigenvalue weighted by Crippen LogP contribution is -2.51. The summed E-state index contributed by atoms with van der Waals surface area (Å²) in [6.07, 6.45) is -1.20. The first kappa shape index (κ1) is 16.7. The predicted octanol–water partition coefficient (Wildman–Crippen LogP) is 2.46. The maximum absolute atomic E-state index is 13.1. The number of aryl methyl sites for hydroxylation is 1. The summed E-state index contributed by atoms with van der Waals surface area (Å²) in [5, 5.41) is 5.63. The molecule has 3 N–H and O–H groups in total. The minimum absolute atomic E-state index is 0.0305. The fourth-order valence-corrected chi connectivity index (χ4v) is 3.87. The van der Waals surface area contributed by atoms with E-state index in [0.717, 1.165) is 0 Å². The van der Waals surface area contributed by atoms with Gasteiger partial charge in [0.25, 0.3) is 5.91 Å². The molecule has 0 radical (unpaired) electrons. The van der Waals surface area contributed by atoms with Gasteiger partial charge in [0.1, 0.15) is 10.7 Å². The number of rotatable bonds is 2. The average Bonchev–Trinajstić information content (AvgIpc) is 2.50. The highest BCUT2D eigenvalue weighted by molar-refractivity contribution is 7.89. The van der Waals surface area contributed by atoms with Gasteiger partial charge in [-0.3, -0.25) is 4.79 Å². The molecule has 1 unspecified atom stereocenters.